The van der Waals surface area contributed by atoms with Crippen molar-refractivity contribution in [2.75, 3.05) is 13.2 Å². The molecule has 1 fully saturated rings. The number of carbonyl (C=O) groups is 1. The molecule has 1 heterocycles. The van der Waals surface area contributed by atoms with E-state index in [-0.39, 0.29) is 17.9 Å². The van der Waals surface area contributed by atoms with Crippen LogP contribution in [0.5, 0.6) is 0 Å². The highest BCUT2D eigenvalue weighted by molar-refractivity contribution is 5.79. The Morgan fingerprint density at radius 3 is 2.93 bits per heavy atom. The number of carbonyl (C=O) groups excluding carboxylic acids is 1. The van der Waals surface area contributed by atoms with Crippen LogP contribution in [0.4, 0.5) is 0 Å². The summed E-state index contributed by atoms with van der Waals surface area (Å²) in [6.45, 7) is 8.99. The molecule has 0 aliphatic carbocycles. The summed E-state index contributed by atoms with van der Waals surface area (Å²) in [6, 6.07) is 0. The Balaban J connectivity index is 2.39. The summed E-state index contributed by atoms with van der Waals surface area (Å²) < 4.78 is 5.46. The van der Waals surface area contributed by atoms with Crippen molar-refractivity contribution in [2.45, 2.75) is 32.8 Å². The van der Waals surface area contributed by atoms with Crippen LogP contribution in [0.1, 0.15) is 26.7 Å². The predicted molar refractivity (Wildman–Crippen MR) is 56.0 cm³/mol. The van der Waals surface area contributed by atoms with Crippen LogP contribution in [0.3, 0.4) is 0 Å². The second-order valence-electron chi connectivity index (χ2n) is 3.89. The smallest absolute Gasteiger partial charge is 0.226 e. The molecule has 1 saturated heterocycles. The third-order valence-electron chi connectivity index (χ3n) is 2.51. The Morgan fingerprint density at radius 1 is 1.64 bits per heavy atom. The molecule has 2 atom stereocenters. The van der Waals surface area contributed by atoms with Gasteiger partial charge in [-0.1, -0.05) is 19.1 Å². The average Bonchev–Trinajstić information content (AvgIpc) is 2.61. The van der Waals surface area contributed by atoms with Gasteiger partial charge in [-0.2, -0.15) is 0 Å². The Hall–Kier alpha value is -0.830. The van der Waals surface area contributed by atoms with E-state index in [0.717, 1.165) is 18.4 Å². The summed E-state index contributed by atoms with van der Waals surface area (Å²) >= 11 is 0. The second-order valence-corrected chi connectivity index (χ2v) is 3.89. The number of hydrogen-bond acceptors (Lipinski definition) is 2. The molecule has 2 unspecified atom stereocenters. The van der Waals surface area contributed by atoms with E-state index in [1.165, 1.54) is 0 Å². The van der Waals surface area contributed by atoms with E-state index in [2.05, 4.69) is 18.8 Å². The van der Waals surface area contributed by atoms with Crippen molar-refractivity contribution >= 4 is 5.91 Å². The largest absolute Gasteiger partial charge is 0.377 e. The molecule has 0 aromatic heterocycles. The van der Waals surface area contributed by atoms with Crippen LogP contribution < -0.4 is 5.32 Å². The SMILES string of the molecule is C=C(C)CNC(=O)C1CCOC1CC. The molecular formula is C11H19NO2. The van der Waals surface area contributed by atoms with Crippen molar-refractivity contribution < 1.29 is 9.53 Å². The van der Waals surface area contributed by atoms with Gasteiger partial charge in [-0.25, -0.2) is 0 Å². The lowest BCUT2D eigenvalue weighted by Gasteiger charge is -2.16. The third-order valence-corrected chi connectivity index (χ3v) is 2.51. The minimum atomic E-state index is 0.0411. The van der Waals surface area contributed by atoms with Gasteiger partial charge in [0.1, 0.15) is 0 Å². The van der Waals surface area contributed by atoms with Gasteiger partial charge >= 0.3 is 0 Å². The minimum absolute atomic E-state index is 0.0411. The summed E-state index contributed by atoms with van der Waals surface area (Å²) in [5.41, 5.74) is 0.977. The van der Waals surface area contributed by atoms with E-state index >= 15 is 0 Å². The molecule has 0 radical (unpaired) electrons. The van der Waals surface area contributed by atoms with Crippen LogP contribution in [-0.4, -0.2) is 25.2 Å². The highest BCUT2D eigenvalue weighted by Gasteiger charge is 2.32. The number of rotatable bonds is 4. The molecular weight excluding hydrogens is 178 g/mol. The van der Waals surface area contributed by atoms with Crippen molar-refractivity contribution in [3.63, 3.8) is 0 Å². The fourth-order valence-electron chi connectivity index (χ4n) is 1.72. The van der Waals surface area contributed by atoms with Crippen LogP contribution in [0.15, 0.2) is 12.2 Å². The average molecular weight is 197 g/mol. The number of amides is 1. The van der Waals surface area contributed by atoms with Gasteiger partial charge in [-0.3, -0.25) is 4.79 Å². The van der Waals surface area contributed by atoms with Gasteiger partial charge < -0.3 is 10.1 Å². The van der Waals surface area contributed by atoms with Crippen molar-refractivity contribution in [2.24, 2.45) is 5.92 Å². The first-order valence-corrected chi connectivity index (χ1v) is 5.18. The van der Waals surface area contributed by atoms with E-state index in [4.69, 9.17) is 4.74 Å². The van der Waals surface area contributed by atoms with Crippen molar-refractivity contribution in [1.29, 1.82) is 0 Å². The topological polar surface area (TPSA) is 38.3 Å². The van der Waals surface area contributed by atoms with E-state index < -0.39 is 0 Å². The van der Waals surface area contributed by atoms with Crippen LogP contribution in [0, 0.1) is 5.92 Å². The van der Waals surface area contributed by atoms with Crippen molar-refractivity contribution in [3.05, 3.63) is 12.2 Å². The Morgan fingerprint density at radius 2 is 2.36 bits per heavy atom. The summed E-state index contributed by atoms with van der Waals surface area (Å²) in [5.74, 6) is 0.150. The molecule has 0 bridgehead atoms. The third kappa shape index (κ3) is 2.84. The fraction of sp³-hybridized carbons (Fsp3) is 0.727. The maximum absolute atomic E-state index is 11.7. The van der Waals surface area contributed by atoms with E-state index in [1.54, 1.807) is 0 Å². The first-order chi connectivity index (χ1) is 6.65. The quantitative estimate of drug-likeness (QED) is 0.693. The lowest BCUT2D eigenvalue weighted by atomic mass is 9.99. The summed E-state index contributed by atoms with van der Waals surface area (Å²) in [5, 5.41) is 2.87. The lowest BCUT2D eigenvalue weighted by Crippen LogP contribution is -2.35. The molecule has 3 heteroatoms. The zero-order valence-electron chi connectivity index (χ0n) is 9.01. The van der Waals surface area contributed by atoms with E-state index in [0.29, 0.717) is 13.2 Å². The van der Waals surface area contributed by atoms with Crippen LogP contribution >= 0.6 is 0 Å². The second kappa shape index (κ2) is 5.15. The molecule has 1 aliphatic rings. The molecule has 1 rings (SSSR count). The fourth-order valence-corrected chi connectivity index (χ4v) is 1.72. The monoisotopic (exact) mass is 197 g/mol. The van der Waals surface area contributed by atoms with Gasteiger partial charge in [-0.15, -0.1) is 0 Å². The van der Waals surface area contributed by atoms with Crippen molar-refractivity contribution in [1.82, 2.24) is 5.32 Å². The molecule has 0 aromatic carbocycles. The molecule has 14 heavy (non-hydrogen) atoms. The Bertz CT molecular complexity index is 225. The molecule has 1 aliphatic heterocycles. The summed E-state index contributed by atoms with van der Waals surface area (Å²) in [4.78, 5) is 11.7. The highest BCUT2D eigenvalue weighted by Crippen LogP contribution is 2.23. The predicted octanol–water partition coefficient (Wildman–Crippen LogP) is 1.49. The molecule has 0 aromatic rings. The normalized spacial score (nSPS) is 26.1. The first kappa shape index (κ1) is 11.2. The molecule has 3 nitrogen and oxygen atoms in total. The molecule has 0 spiro atoms. The number of ether oxygens (including phenoxy) is 1. The van der Waals surface area contributed by atoms with Crippen LogP contribution in [0.25, 0.3) is 0 Å². The van der Waals surface area contributed by atoms with E-state index in [9.17, 15) is 4.79 Å². The van der Waals surface area contributed by atoms with Gasteiger partial charge in [0.05, 0.1) is 12.0 Å². The Kier molecular flexibility index (Phi) is 4.14. The lowest BCUT2D eigenvalue weighted by molar-refractivity contribution is -0.126. The number of nitrogens with one attached hydrogen (secondary N) is 1. The van der Waals surface area contributed by atoms with Gasteiger partial charge in [0.15, 0.2) is 0 Å². The molecule has 80 valence electrons. The van der Waals surface area contributed by atoms with Gasteiger partial charge in [0.25, 0.3) is 0 Å². The summed E-state index contributed by atoms with van der Waals surface area (Å²) in [6.07, 6.45) is 1.87. The van der Waals surface area contributed by atoms with Crippen molar-refractivity contribution in [3.8, 4) is 0 Å². The molecule has 0 saturated carbocycles. The standard InChI is InChI=1S/C11H19NO2/c1-4-10-9(5-6-14-10)11(13)12-7-8(2)3/h9-10H,2,4-7H2,1,3H3,(H,12,13). The first-order valence-electron chi connectivity index (χ1n) is 5.18. The maximum atomic E-state index is 11.7. The van der Waals surface area contributed by atoms with Gasteiger partial charge in [-0.05, 0) is 19.8 Å². The van der Waals surface area contributed by atoms with Gasteiger partial charge in [0, 0.05) is 13.2 Å². The van der Waals surface area contributed by atoms with E-state index in [1.807, 2.05) is 6.92 Å². The molecule has 1 N–H and O–H groups in total. The van der Waals surface area contributed by atoms with Crippen LogP contribution in [0.2, 0.25) is 0 Å². The van der Waals surface area contributed by atoms with Gasteiger partial charge in [0.2, 0.25) is 5.91 Å². The Labute approximate surface area is 85.5 Å². The zero-order valence-corrected chi connectivity index (χ0v) is 9.01. The minimum Gasteiger partial charge on any atom is -0.377 e. The highest BCUT2D eigenvalue weighted by atomic mass is 16.5. The zero-order chi connectivity index (χ0) is 10.6. The van der Waals surface area contributed by atoms with Crippen LogP contribution in [-0.2, 0) is 9.53 Å². The maximum Gasteiger partial charge on any atom is 0.226 e. The summed E-state index contributed by atoms with van der Waals surface area (Å²) in [7, 11) is 0. The number of hydrogen-bond donors (Lipinski definition) is 1. The molecule has 1 amide bonds.